The zero-order chi connectivity index (χ0) is 10.4. The molecule has 5 heteroatoms. The fourth-order valence-electron chi connectivity index (χ4n) is 1.65. The minimum absolute atomic E-state index is 0.159. The van der Waals surface area contributed by atoms with Crippen LogP contribution < -0.4 is 15.9 Å². The molecule has 1 aliphatic heterocycles. The molecule has 2 heterocycles. The highest BCUT2D eigenvalue weighted by molar-refractivity contribution is 6.64. The molecule has 1 aromatic heterocycles. The molecule has 1 aromatic rings. The number of nitrogens with zero attached hydrogens (tertiary/aromatic N) is 2. The molecule has 2 amide bonds. The molecule has 0 saturated carbocycles. The van der Waals surface area contributed by atoms with Crippen LogP contribution in [0, 0.1) is 0 Å². The van der Waals surface area contributed by atoms with Crippen molar-refractivity contribution in [1.82, 2.24) is 10.3 Å². The molecular formula is C10H5N3O2. The van der Waals surface area contributed by atoms with Gasteiger partial charge >= 0.3 is 6.03 Å². The van der Waals surface area contributed by atoms with Gasteiger partial charge in [0, 0.05) is 11.4 Å². The van der Waals surface area contributed by atoms with E-state index in [0.717, 1.165) is 0 Å². The lowest BCUT2D eigenvalue weighted by molar-refractivity contribution is -0.107. The highest BCUT2D eigenvalue weighted by Gasteiger charge is 2.27. The summed E-state index contributed by atoms with van der Waals surface area (Å²) in [6.07, 6.45) is 3.04. The maximum absolute atomic E-state index is 11.6. The van der Waals surface area contributed by atoms with Crippen molar-refractivity contribution < 1.29 is 9.59 Å². The van der Waals surface area contributed by atoms with Crippen LogP contribution in [0.2, 0.25) is 0 Å². The molecule has 3 rings (SSSR count). The average Bonchev–Trinajstić information content (AvgIpc) is 2.61. The lowest BCUT2D eigenvalue weighted by Gasteiger charge is -2.04. The smallest absolute Gasteiger partial charge is 0.302 e. The molecular weight excluding hydrogens is 194 g/mol. The zero-order valence-corrected chi connectivity index (χ0v) is 7.52. The third-order valence-electron chi connectivity index (χ3n) is 2.28. The Morgan fingerprint density at radius 2 is 2.13 bits per heavy atom. The molecule has 0 atom stereocenters. The molecule has 0 unspecified atom stereocenters. The lowest BCUT2D eigenvalue weighted by Crippen LogP contribution is -2.41. The molecule has 0 aromatic carbocycles. The molecule has 1 aliphatic carbocycles. The minimum Gasteiger partial charge on any atom is -0.302 e. The number of hydrogen-bond acceptors (Lipinski definition) is 3. The Hall–Kier alpha value is -2.30. The monoisotopic (exact) mass is 199 g/mol. The number of urea groups is 1. The van der Waals surface area contributed by atoms with Crippen molar-refractivity contribution in [3.05, 3.63) is 28.9 Å². The van der Waals surface area contributed by atoms with Crippen LogP contribution in [0.5, 0.6) is 0 Å². The maximum Gasteiger partial charge on any atom is 0.346 e. The fourth-order valence-corrected chi connectivity index (χ4v) is 1.65. The molecule has 0 fully saturated rings. The van der Waals surface area contributed by atoms with Crippen molar-refractivity contribution in [2.24, 2.45) is 4.99 Å². The number of rotatable bonds is 0. The third-order valence-corrected chi connectivity index (χ3v) is 2.28. The summed E-state index contributed by atoms with van der Waals surface area (Å²) < 4.78 is 0. The summed E-state index contributed by atoms with van der Waals surface area (Å²) in [7, 11) is 0. The Morgan fingerprint density at radius 3 is 3.00 bits per heavy atom. The van der Waals surface area contributed by atoms with Gasteiger partial charge in [0.1, 0.15) is 5.71 Å². The van der Waals surface area contributed by atoms with Crippen LogP contribution in [0.4, 0.5) is 4.79 Å². The van der Waals surface area contributed by atoms with Crippen LogP contribution in [0.25, 0.3) is 11.8 Å². The predicted octanol–water partition coefficient (Wildman–Crippen LogP) is -1.28. The van der Waals surface area contributed by atoms with E-state index < -0.39 is 6.03 Å². The number of amides is 2. The number of carbonyl (C=O) groups is 2. The first kappa shape index (κ1) is 8.05. The van der Waals surface area contributed by atoms with E-state index in [4.69, 9.17) is 0 Å². The molecule has 2 aliphatic rings. The van der Waals surface area contributed by atoms with Gasteiger partial charge in [-0.2, -0.15) is 4.99 Å². The third kappa shape index (κ3) is 1.03. The molecule has 0 spiro atoms. The molecule has 0 radical (unpaired) electrons. The van der Waals surface area contributed by atoms with E-state index in [0.29, 0.717) is 16.3 Å². The van der Waals surface area contributed by atoms with E-state index in [1.54, 1.807) is 18.3 Å². The minimum atomic E-state index is -0.514. The molecule has 72 valence electrons. The number of fused-ring (bicyclic) bond motifs is 2. The summed E-state index contributed by atoms with van der Waals surface area (Å²) >= 11 is 0. The molecule has 5 nitrogen and oxygen atoms in total. The van der Waals surface area contributed by atoms with Gasteiger partial charge in [0.05, 0.1) is 11.0 Å². The number of aromatic nitrogens is 1. The maximum atomic E-state index is 11.6. The molecule has 1 N–H and O–H groups in total. The highest BCUT2D eigenvalue weighted by Crippen LogP contribution is 2.06. The van der Waals surface area contributed by atoms with Crippen molar-refractivity contribution in [2.45, 2.75) is 0 Å². The van der Waals surface area contributed by atoms with Gasteiger partial charge in [-0.05, 0) is 12.1 Å². The van der Waals surface area contributed by atoms with Crippen molar-refractivity contribution in [3.63, 3.8) is 0 Å². The SMILES string of the molecule is O=C1N=C2C(=O)C=c3cccnc3=C2N1. The van der Waals surface area contributed by atoms with Gasteiger partial charge in [0.15, 0.2) is 0 Å². The number of Topliss-reactive ketones (excluding diaryl/α,β-unsaturated/α-hetero) is 1. The van der Waals surface area contributed by atoms with Crippen LogP contribution in [0.1, 0.15) is 0 Å². The zero-order valence-electron chi connectivity index (χ0n) is 7.52. The Bertz CT molecular complexity index is 643. The summed E-state index contributed by atoms with van der Waals surface area (Å²) in [6, 6.07) is 3.00. The summed E-state index contributed by atoms with van der Waals surface area (Å²) in [6.45, 7) is 0. The van der Waals surface area contributed by atoms with Crippen LogP contribution >= 0.6 is 0 Å². The number of pyridine rings is 1. The summed E-state index contributed by atoms with van der Waals surface area (Å²) in [5.74, 6) is -0.260. The Balaban J connectivity index is 2.49. The van der Waals surface area contributed by atoms with Crippen molar-refractivity contribution in [1.29, 1.82) is 0 Å². The first-order valence-electron chi connectivity index (χ1n) is 4.37. The van der Waals surface area contributed by atoms with Crippen LogP contribution in [-0.4, -0.2) is 22.5 Å². The van der Waals surface area contributed by atoms with Gasteiger partial charge in [0.25, 0.3) is 0 Å². The second kappa shape index (κ2) is 2.60. The number of hydrogen-bond donors (Lipinski definition) is 1. The van der Waals surface area contributed by atoms with E-state index >= 15 is 0 Å². The molecule has 15 heavy (non-hydrogen) atoms. The summed E-state index contributed by atoms with van der Waals surface area (Å²) in [5, 5.41) is 3.82. The van der Waals surface area contributed by atoms with Gasteiger partial charge in [-0.25, -0.2) is 4.79 Å². The standard InChI is InChI=1S/C10H5N3O2/c14-6-4-5-2-1-3-11-7(5)9-8(6)12-10(15)13-9/h1-4H,(H,13,15). The van der Waals surface area contributed by atoms with Crippen molar-refractivity contribution in [2.75, 3.05) is 0 Å². The Morgan fingerprint density at radius 1 is 1.27 bits per heavy atom. The van der Waals surface area contributed by atoms with Crippen LogP contribution in [0.15, 0.2) is 23.3 Å². The largest absolute Gasteiger partial charge is 0.346 e. The predicted molar refractivity (Wildman–Crippen MR) is 52.3 cm³/mol. The lowest BCUT2D eigenvalue weighted by atomic mass is 10.1. The highest BCUT2D eigenvalue weighted by atomic mass is 16.2. The van der Waals surface area contributed by atoms with Crippen molar-refractivity contribution >= 4 is 29.3 Å². The first-order valence-corrected chi connectivity index (χ1v) is 4.37. The fraction of sp³-hybridized carbons (Fsp3) is 0. The quantitative estimate of drug-likeness (QED) is 0.565. The van der Waals surface area contributed by atoms with Crippen LogP contribution in [-0.2, 0) is 4.79 Å². The Kier molecular flexibility index (Phi) is 1.39. The van der Waals surface area contributed by atoms with Gasteiger partial charge in [-0.1, -0.05) is 6.07 Å². The van der Waals surface area contributed by atoms with Gasteiger partial charge in [-0.3, -0.25) is 9.78 Å². The molecule has 0 saturated heterocycles. The molecule has 0 bridgehead atoms. The van der Waals surface area contributed by atoms with Gasteiger partial charge < -0.3 is 5.32 Å². The topological polar surface area (TPSA) is 71.4 Å². The van der Waals surface area contributed by atoms with E-state index in [-0.39, 0.29) is 11.5 Å². The second-order valence-corrected chi connectivity index (χ2v) is 3.22. The summed E-state index contributed by atoms with van der Waals surface area (Å²) in [4.78, 5) is 30.3. The van der Waals surface area contributed by atoms with Gasteiger partial charge in [-0.15, -0.1) is 0 Å². The van der Waals surface area contributed by atoms with Gasteiger partial charge in [0.2, 0.25) is 5.78 Å². The van der Waals surface area contributed by atoms with E-state index in [9.17, 15) is 9.59 Å². The summed E-state index contributed by atoms with van der Waals surface area (Å²) in [5.41, 5.74) is 0.578. The number of ketones is 1. The average molecular weight is 199 g/mol. The number of carbonyl (C=O) groups excluding carboxylic acids is 2. The number of nitrogens with one attached hydrogen (secondary N) is 1. The first-order chi connectivity index (χ1) is 7.25. The Labute approximate surface area is 83.9 Å². The van der Waals surface area contributed by atoms with Crippen molar-refractivity contribution in [3.8, 4) is 0 Å². The van der Waals surface area contributed by atoms with E-state index in [1.165, 1.54) is 6.08 Å². The van der Waals surface area contributed by atoms with E-state index in [2.05, 4.69) is 15.3 Å². The number of aliphatic imine (C=N–C) groups is 1. The second-order valence-electron chi connectivity index (χ2n) is 3.22. The normalized spacial score (nSPS) is 17.6. The van der Waals surface area contributed by atoms with E-state index in [1.807, 2.05) is 0 Å². The van der Waals surface area contributed by atoms with Crippen LogP contribution in [0.3, 0.4) is 0 Å².